The second-order valence-electron chi connectivity index (χ2n) is 4.44. The Bertz CT molecular complexity index is 153. The Hall–Kier alpha value is -0.120. The number of hydrogen-bond donors (Lipinski definition) is 1. The summed E-state index contributed by atoms with van der Waals surface area (Å²) >= 11 is 0. The average molecular weight is 213 g/mol. The van der Waals surface area contributed by atoms with Crippen molar-refractivity contribution in [1.82, 2.24) is 9.80 Å². The molecule has 0 aromatic carbocycles. The molecule has 0 heterocycles. The summed E-state index contributed by atoms with van der Waals surface area (Å²) in [5, 5.41) is 0. The third kappa shape index (κ3) is 4.96. The first-order valence-electron chi connectivity index (χ1n) is 6.48. The van der Waals surface area contributed by atoms with Crippen LogP contribution in [-0.2, 0) is 0 Å². The van der Waals surface area contributed by atoms with E-state index < -0.39 is 0 Å². The lowest BCUT2D eigenvalue weighted by Gasteiger charge is -2.26. The molecule has 1 fully saturated rings. The van der Waals surface area contributed by atoms with E-state index in [1.54, 1.807) is 0 Å². The molecular weight excluding hydrogens is 186 g/mol. The number of nitrogens with zero attached hydrogens (tertiary/aromatic N) is 2. The van der Waals surface area contributed by atoms with Gasteiger partial charge in [-0.1, -0.05) is 13.8 Å². The highest BCUT2D eigenvalue weighted by Crippen LogP contribution is 2.26. The highest BCUT2D eigenvalue weighted by atomic mass is 15.2. The summed E-state index contributed by atoms with van der Waals surface area (Å²) in [5.74, 6) is 0. The van der Waals surface area contributed by atoms with Gasteiger partial charge in [0.15, 0.2) is 0 Å². The molecule has 2 N–H and O–H groups in total. The summed E-state index contributed by atoms with van der Waals surface area (Å²) in [6.07, 6.45) is 3.96. The van der Waals surface area contributed by atoms with E-state index in [2.05, 4.69) is 23.6 Å². The summed E-state index contributed by atoms with van der Waals surface area (Å²) in [6, 6.07) is 0.882. The molecule has 0 atom stereocenters. The third-order valence-corrected chi connectivity index (χ3v) is 3.31. The summed E-state index contributed by atoms with van der Waals surface area (Å²) in [5.41, 5.74) is 5.57. The van der Waals surface area contributed by atoms with Crippen molar-refractivity contribution < 1.29 is 0 Å². The van der Waals surface area contributed by atoms with Crippen LogP contribution in [0.4, 0.5) is 0 Å². The van der Waals surface area contributed by atoms with Gasteiger partial charge in [-0.25, -0.2) is 0 Å². The molecule has 0 aromatic heterocycles. The zero-order valence-corrected chi connectivity index (χ0v) is 10.4. The van der Waals surface area contributed by atoms with Crippen molar-refractivity contribution in [2.75, 3.05) is 39.3 Å². The van der Waals surface area contributed by atoms with Gasteiger partial charge in [-0.2, -0.15) is 0 Å². The van der Waals surface area contributed by atoms with Gasteiger partial charge >= 0.3 is 0 Å². The summed E-state index contributed by atoms with van der Waals surface area (Å²) in [4.78, 5) is 5.13. The van der Waals surface area contributed by atoms with E-state index in [9.17, 15) is 0 Å². The maximum Gasteiger partial charge on any atom is 0.0112 e. The van der Waals surface area contributed by atoms with Gasteiger partial charge in [0.05, 0.1) is 0 Å². The largest absolute Gasteiger partial charge is 0.330 e. The van der Waals surface area contributed by atoms with Gasteiger partial charge in [0, 0.05) is 19.1 Å². The molecule has 0 amide bonds. The predicted molar refractivity (Wildman–Crippen MR) is 66.1 cm³/mol. The maximum atomic E-state index is 5.57. The lowest BCUT2D eigenvalue weighted by atomic mass is 10.3. The standard InChI is InChI=1S/C12H27N3/c1-3-14(4-2)10-11-15(9-5-8-13)12-6-7-12/h12H,3-11,13H2,1-2H3. The lowest BCUT2D eigenvalue weighted by molar-refractivity contribution is 0.206. The molecule has 0 bridgehead atoms. The Labute approximate surface area is 94.6 Å². The number of hydrogen-bond acceptors (Lipinski definition) is 3. The smallest absolute Gasteiger partial charge is 0.0112 e. The molecular formula is C12H27N3. The van der Waals surface area contributed by atoms with Gasteiger partial charge in [0.2, 0.25) is 0 Å². The maximum absolute atomic E-state index is 5.57. The van der Waals surface area contributed by atoms with E-state index in [-0.39, 0.29) is 0 Å². The topological polar surface area (TPSA) is 32.5 Å². The van der Waals surface area contributed by atoms with Gasteiger partial charge in [-0.15, -0.1) is 0 Å². The van der Waals surface area contributed by atoms with Crippen LogP contribution < -0.4 is 5.73 Å². The van der Waals surface area contributed by atoms with Gasteiger partial charge in [-0.3, -0.25) is 4.90 Å². The minimum atomic E-state index is 0.828. The van der Waals surface area contributed by atoms with Gasteiger partial charge in [0.25, 0.3) is 0 Å². The van der Waals surface area contributed by atoms with Crippen LogP contribution in [0.25, 0.3) is 0 Å². The molecule has 0 unspecified atom stereocenters. The van der Waals surface area contributed by atoms with Crippen molar-refractivity contribution in [3.05, 3.63) is 0 Å². The first-order chi connectivity index (χ1) is 7.31. The Kier molecular flexibility index (Phi) is 6.22. The molecule has 0 aromatic rings. The second kappa shape index (κ2) is 7.20. The van der Waals surface area contributed by atoms with Crippen molar-refractivity contribution >= 4 is 0 Å². The molecule has 0 spiro atoms. The van der Waals surface area contributed by atoms with Crippen molar-refractivity contribution in [1.29, 1.82) is 0 Å². The number of nitrogens with two attached hydrogens (primary N) is 1. The molecule has 3 nitrogen and oxygen atoms in total. The molecule has 0 aliphatic heterocycles. The van der Waals surface area contributed by atoms with Crippen molar-refractivity contribution in [2.45, 2.75) is 39.2 Å². The quantitative estimate of drug-likeness (QED) is 0.623. The zero-order valence-electron chi connectivity index (χ0n) is 10.4. The molecule has 0 saturated heterocycles. The molecule has 1 aliphatic rings. The molecule has 3 heteroatoms. The monoisotopic (exact) mass is 213 g/mol. The SMILES string of the molecule is CCN(CC)CCN(CCCN)C1CC1. The van der Waals surface area contributed by atoms with E-state index in [0.29, 0.717) is 0 Å². The van der Waals surface area contributed by atoms with E-state index in [1.807, 2.05) is 0 Å². The Morgan fingerprint density at radius 2 is 1.73 bits per heavy atom. The molecule has 1 rings (SSSR count). The predicted octanol–water partition coefficient (Wildman–Crippen LogP) is 1.14. The Morgan fingerprint density at radius 3 is 2.20 bits per heavy atom. The first-order valence-corrected chi connectivity index (χ1v) is 6.48. The molecule has 1 aliphatic carbocycles. The Balaban J connectivity index is 2.18. The van der Waals surface area contributed by atoms with Gasteiger partial charge in [0.1, 0.15) is 0 Å². The molecule has 1 saturated carbocycles. The normalized spacial score (nSPS) is 16.6. The van der Waals surface area contributed by atoms with Crippen LogP contribution in [0, 0.1) is 0 Å². The fourth-order valence-corrected chi connectivity index (χ4v) is 2.02. The van der Waals surface area contributed by atoms with Crippen molar-refractivity contribution in [3.8, 4) is 0 Å². The summed E-state index contributed by atoms with van der Waals surface area (Å²) in [7, 11) is 0. The fourth-order valence-electron chi connectivity index (χ4n) is 2.02. The third-order valence-electron chi connectivity index (χ3n) is 3.31. The van der Waals surface area contributed by atoms with Crippen LogP contribution in [0.1, 0.15) is 33.1 Å². The van der Waals surface area contributed by atoms with Gasteiger partial charge < -0.3 is 10.6 Å². The Morgan fingerprint density at radius 1 is 1.07 bits per heavy atom. The van der Waals surface area contributed by atoms with Crippen LogP contribution >= 0.6 is 0 Å². The number of likely N-dealkylation sites (N-methyl/N-ethyl adjacent to an activating group) is 1. The summed E-state index contributed by atoms with van der Waals surface area (Å²) < 4.78 is 0. The minimum Gasteiger partial charge on any atom is -0.330 e. The van der Waals surface area contributed by atoms with Crippen LogP contribution in [0.15, 0.2) is 0 Å². The zero-order chi connectivity index (χ0) is 11.1. The van der Waals surface area contributed by atoms with E-state index in [1.165, 1.54) is 45.6 Å². The van der Waals surface area contributed by atoms with Crippen LogP contribution in [0.3, 0.4) is 0 Å². The highest BCUT2D eigenvalue weighted by Gasteiger charge is 2.28. The number of rotatable bonds is 9. The first kappa shape index (κ1) is 12.9. The lowest BCUT2D eigenvalue weighted by Crippen LogP contribution is -2.37. The van der Waals surface area contributed by atoms with E-state index in [0.717, 1.165) is 19.0 Å². The van der Waals surface area contributed by atoms with Crippen molar-refractivity contribution in [3.63, 3.8) is 0 Å². The fraction of sp³-hybridized carbons (Fsp3) is 1.00. The minimum absolute atomic E-state index is 0.828. The summed E-state index contributed by atoms with van der Waals surface area (Å²) in [6.45, 7) is 11.3. The highest BCUT2D eigenvalue weighted by molar-refractivity contribution is 4.84. The average Bonchev–Trinajstić information content (AvgIpc) is 3.07. The molecule has 90 valence electrons. The van der Waals surface area contributed by atoms with Crippen LogP contribution in [0.2, 0.25) is 0 Å². The van der Waals surface area contributed by atoms with Crippen LogP contribution in [-0.4, -0.2) is 55.1 Å². The molecule has 15 heavy (non-hydrogen) atoms. The second-order valence-corrected chi connectivity index (χ2v) is 4.44. The van der Waals surface area contributed by atoms with Crippen LogP contribution in [0.5, 0.6) is 0 Å². The molecule has 0 radical (unpaired) electrons. The van der Waals surface area contributed by atoms with E-state index in [4.69, 9.17) is 5.73 Å². The van der Waals surface area contributed by atoms with Gasteiger partial charge in [-0.05, 0) is 45.4 Å². The van der Waals surface area contributed by atoms with Crippen molar-refractivity contribution in [2.24, 2.45) is 5.73 Å². The van der Waals surface area contributed by atoms with E-state index >= 15 is 0 Å².